The van der Waals surface area contributed by atoms with Gasteiger partial charge in [-0.05, 0) is 19.1 Å². The predicted molar refractivity (Wildman–Crippen MR) is 64.1 cm³/mol. The minimum atomic E-state index is -5.55. The van der Waals surface area contributed by atoms with Gasteiger partial charge in [0.15, 0.2) is 0 Å². The Morgan fingerprint density at radius 1 is 1.10 bits per heavy atom. The molecule has 1 aromatic carbocycles. The van der Waals surface area contributed by atoms with E-state index in [0.717, 1.165) is 12.1 Å². The average molecular weight is 336 g/mol. The van der Waals surface area contributed by atoms with Crippen molar-refractivity contribution in [3.63, 3.8) is 0 Å². The second kappa shape index (κ2) is 6.90. The maximum absolute atomic E-state index is 11.8. The van der Waals surface area contributed by atoms with Crippen molar-refractivity contribution < 1.29 is 38.7 Å². The summed E-state index contributed by atoms with van der Waals surface area (Å²) in [7, 11) is -9.21. The van der Waals surface area contributed by atoms with E-state index in [1.807, 2.05) is 0 Å². The lowest BCUT2D eigenvalue weighted by molar-refractivity contribution is -0.0500. The zero-order chi connectivity index (χ0) is 16.0. The number of hydrogen-bond acceptors (Lipinski definition) is 5. The van der Waals surface area contributed by atoms with Crippen LogP contribution in [-0.2, 0) is 20.2 Å². The molecule has 1 rings (SSSR count). The van der Waals surface area contributed by atoms with Gasteiger partial charge < -0.3 is 4.18 Å². The van der Waals surface area contributed by atoms with Crippen LogP contribution in [0.4, 0.5) is 13.2 Å². The van der Waals surface area contributed by atoms with Crippen LogP contribution in [0.25, 0.3) is 0 Å². The van der Waals surface area contributed by atoms with Crippen LogP contribution in [0.1, 0.15) is 6.92 Å². The molecule has 0 spiro atoms. The smallest absolute Gasteiger partial charge is 0.376 e. The molecule has 20 heavy (non-hydrogen) atoms. The highest BCUT2D eigenvalue weighted by molar-refractivity contribution is 7.88. The summed E-state index contributed by atoms with van der Waals surface area (Å²) in [6.45, 7) is 1.37. The summed E-state index contributed by atoms with van der Waals surface area (Å²) in [6.07, 6.45) is 0. The first-order chi connectivity index (χ1) is 8.89. The first kappa shape index (κ1) is 18.7. The van der Waals surface area contributed by atoms with Crippen molar-refractivity contribution in [3.8, 4) is 5.75 Å². The number of para-hydroxylation sites is 1. The fourth-order valence-corrected chi connectivity index (χ4v) is 1.11. The molecule has 11 heteroatoms. The Balaban J connectivity index is 0.000000511. The van der Waals surface area contributed by atoms with Crippen LogP contribution >= 0.6 is 0 Å². The van der Waals surface area contributed by atoms with Crippen LogP contribution in [0, 0.1) is 0 Å². The van der Waals surface area contributed by atoms with Crippen molar-refractivity contribution in [2.24, 2.45) is 0 Å². The molecule has 0 heterocycles. The first-order valence-electron chi connectivity index (χ1n) is 4.90. The van der Waals surface area contributed by atoms with E-state index in [9.17, 15) is 30.0 Å². The normalized spacial score (nSPS) is 12.2. The third-order valence-corrected chi connectivity index (χ3v) is 3.31. The van der Waals surface area contributed by atoms with Gasteiger partial charge in [0.2, 0.25) is 0 Å². The second-order valence-corrected chi connectivity index (χ2v) is 6.45. The lowest BCUT2D eigenvalue weighted by atomic mass is 10.3. The Bertz CT molecular complexity index is 607. The van der Waals surface area contributed by atoms with Crippen LogP contribution in [-0.4, -0.2) is 32.6 Å². The molecule has 1 aromatic rings. The fraction of sp³-hybridized carbons (Fsp3) is 0.333. The molecule has 6 nitrogen and oxygen atoms in total. The topological polar surface area (TPSA) is 97.7 Å². The summed E-state index contributed by atoms with van der Waals surface area (Å²) in [5.41, 5.74) is -5.40. The van der Waals surface area contributed by atoms with Gasteiger partial charge in [0.1, 0.15) is 5.75 Å². The zero-order valence-corrected chi connectivity index (χ0v) is 11.7. The minimum absolute atomic E-state index is 0.201. The Labute approximate surface area is 114 Å². The summed E-state index contributed by atoms with van der Waals surface area (Å²) in [5, 5.41) is 0. The highest BCUT2D eigenvalue weighted by Gasteiger charge is 2.48. The van der Waals surface area contributed by atoms with E-state index in [0.29, 0.717) is 0 Å². The molecule has 0 fully saturated rings. The van der Waals surface area contributed by atoms with Gasteiger partial charge in [0.05, 0.1) is 5.75 Å². The van der Waals surface area contributed by atoms with E-state index in [2.05, 4.69) is 4.18 Å². The first-order valence-corrected chi connectivity index (χ1v) is 7.91. The van der Waals surface area contributed by atoms with E-state index >= 15 is 0 Å². The molecule has 1 N–H and O–H groups in total. The molecule has 0 aliphatic heterocycles. The third-order valence-electron chi connectivity index (χ3n) is 1.60. The zero-order valence-electron chi connectivity index (χ0n) is 10.0. The van der Waals surface area contributed by atoms with Crippen molar-refractivity contribution in [2.45, 2.75) is 12.4 Å². The fourth-order valence-electron chi connectivity index (χ4n) is 0.650. The summed E-state index contributed by atoms with van der Waals surface area (Å²) in [5.74, 6) is -0.572. The maximum atomic E-state index is 11.8. The average Bonchev–Trinajstić information content (AvgIpc) is 2.28. The van der Waals surface area contributed by atoms with Crippen LogP contribution in [0.15, 0.2) is 30.3 Å². The molecule has 0 unspecified atom stereocenters. The third kappa shape index (κ3) is 7.31. The summed E-state index contributed by atoms with van der Waals surface area (Å²) < 4.78 is 87.1. The molecule has 0 saturated carbocycles. The van der Waals surface area contributed by atoms with Crippen molar-refractivity contribution in [1.82, 2.24) is 0 Å². The van der Waals surface area contributed by atoms with Gasteiger partial charge in [-0.1, -0.05) is 18.2 Å². The SMILES string of the molecule is CCS(=O)(=O)O.O=S(=O)(Oc1ccccc1)C(F)(F)F. The van der Waals surface area contributed by atoms with Crippen LogP contribution in [0.2, 0.25) is 0 Å². The van der Waals surface area contributed by atoms with Crippen molar-refractivity contribution in [2.75, 3.05) is 5.75 Å². The minimum Gasteiger partial charge on any atom is -0.376 e. The second-order valence-electron chi connectivity index (χ2n) is 3.17. The molecule has 0 aromatic heterocycles. The summed E-state index contributed by atoms with van der Waals surface area (Å²) >= 11 is 0. The van der Waals surface area contributed by atoms with Crippen molar-refractivity contribution in [1.29, 1.82) is 0 Å². The van der Waals surface area contributed by atoms with E-state index in [4.69, 9.17) is 4.55 Å². The molecular formula is C9H11F3O6S2. The van der Waals surface area contributed by atoms with E-state index < -0.39 is 25.7 Å². The Morgan fingerprint density at radius 3 is 1.80 bits per heavy atom. The van der Waals surface area contributed by atoms with Crippen LogP contribution < -0.4 is 4.18 Å². The van der Waals surface area contributed by atoms with Gasteiger partial charge in [-0.25, -0.2) is 0 Å². The number of benzene rings is 1. The molecular weight excluding hydrogens is 325 g/mol. The van der Waals surface area contributed by atoms with Crippen molar-refractivity contribution in [3.05, 3.63) is 30.3 Å². The van der Waals surface area contributed by atoms with Crippen molar-refractivity contribution >= 4 is 20.2 Å². The van der Waals surface area contributed by atoms with Gasteiger partial charge >= 0.3 is 15.6 Å². The predicted octanol–water partition coefficient (Wildman–Crippen LogP) is 1.81. The number of rotatable bonds is 3. The van der Waals surface area contributed by atoms with Gasteiger partial charge in [0, 0.05) is 0 Å². The number of alkyl halides is 3. The molecule has 116 valence electrons. The van der Waals surface area contributed by atoms with Crippen LogP contribution in [0.3, 0.4) is 0 Å². The van der Waals surface area contributed by atoms with E-state index in [1.165, 1.54) is 25.1 Å². The molecule has 0 amide bonds. The Morgan fingerprint density at radius 2 is 1.50 bits per heavy atom. The van der Waals surface area contributed by atoms with Gasteiger partial charge in [-0.3, -0.25) is 4.55 Å². The van der Waals surface area contributed by atoms with Crippen LogP contribution in [0.5, 0.6) is 5.75 Å². The van der Waals surface area contributed by atoms with E-state index in [1.54, 1.807) is 0 Å². The van der Waals surface area contributed by atoms with E-state index in [-0.39, 0.29) is 11.5 Å². The maximum Gasteiger partial charge on any atom is 0.534 e. The number of hydrogen-bond donors (Lipinski definition) is 1. The molecule has 0 aliphatic rings. The number of halogens is 3. The van der Waals surface area contributed by atoms with Gasteiger partial charge in [0.25, 0.3) is 10.1 Å². The Kier molecular flexibility index (Phi) is 6.44. The Hall–Kier alpha value is -1.33. The monoisotopic (exact) mass is 336 g/mol. The molecule has 0 saturated heterocycles. The molecule has 0 atom stereocenters. The molecule has 0 aliphatic carbocycles. The van der Waals surface area contributed by atoms with Gasteiger partial charge in [-0.2, -0.15) is 30.0 Å². The summed E-state index contributed by atoms with van der Waals surface area (Å²) in [4.78, 5) is 0. The molecule has 0 radical (unpaired) electrons. The lowest BCUT2D eigenvalue weighted by Gasteiger charge is -2.08. The lowest BCUT2D eigenvalue weighted by Crippen LogP contribution is -2.27. The highest BCUT2D eigenvalue weighted by Crippen LogP contribution is 2.26. The van der Waals surface area contributed by atoms with Gasteiger partial charge in [-0.15, -0.1) is 0 Å². The quantitative estimate of drug-likeness (QED) is 0.513. The summed E-state index contributed by atoms with van der Waals surface area (Å²) in [6, 6.07) is 6.47. The largest absolute Gasteiger partial charge is 0.534 e. The highest BCUT2D eigenvalue weighted by atomic mass is 32.2. The molecule has 0 bridgehead atoms. The standard InChI is InChI=1S/C7H5F3O3S.C2H6O3S/c8-7(9,10)14(11,12)13-6-4-2-1-3-5-6;1-2-6(3,4)5/h1-5H;2H2,1H3,(H,3,4,5).